The predicted molar refractivity (Wildman–Crippen MR) is 70.3 cm³/mol. The van der Waals surface area contributed by atoms with Gasteiger partial charge in [-0.1, -0.05) is 13.8 Å². The molecule has 98 valence electrons. The van der Waals surface area contributed by atoms with Gasteiger partial charge in [-0.3, -0.25) is 4.79 Å². The van der Waals surface area contributed by atoms with Crippen molar-refractivity contribution in [3.63, 3.8) is 0 Å². The molecule has 0 unspecified atom stereocenters. The van der Waals surface area contributed by atoms with Crippen LogP contribution in [0.3, 0.4) is 0 Å². The summed E-state index contributed by atoms with van der Waals surface area (Å²) in [5.74, 6) is 0.805. The molecule has 0 aromatic carbocycles. The molecule has 1 aromatic rings. The zero-order chi connectivity index (χ0) is 13.1. The largest absolute Gasteiger partial charge is 0.396 e. The van der Waals surface area contributed by atoms with E-state index in [1.807, 2.05) is 18.7 Å². The number of hydrogen-bond acceptors (Lipinski definition) is 4. The van der Waals surface area contributed by atoms with Gasteiger partial charge in [0.1, 0.15) is 5.82 Å². The van der Waals surface area contributed by atoms with Crippen LogP contribution in [0.25, 0.3) is 0 Å². The van der Waals surface area contributed by atoms with Gasteiger partial charge in [0.2, 0.25) is 0 Å². The van der Waals surface area contributed by atoms with E-state index in [2.05, 4.69) is 9.97 Å². The first-order valence-corrected chi connectivity index (χ1v) is 6.51. The molecule has 0 spiro atoms. The Labute approximate surface area is 107 Å². The molecule has 0 radical (unpaired) electrons. The van der Waals surface area contributed by atoms with E-state index in [-0.39, 0.29) is 11.8 Å². The quantitative estimate of drug-likeness (QED) is 0.866. The maximum atomic E-state index is 12.4. The van der Waals surface area contributed by atoms with Crippen LogP contribution in [0.15, 0.2) is 6.20 Å². The summed E-state index contributed by atoms with van der Waals surface area (Å²) in [6.07, 6.45) is 4.86. The maximum absolute atomic E-state index is 12.4. The van der Waals surface area contributed by atoms with Gasteiger partial charge in [-0.05, 0) is 19.3 Å². The third kappa shape index (κ3) is 2.60. The van der Waals surface area contributed by atoms with Crippen molar-refractivity contribution in [1.82, 2.24) is 14.9 Å². The number of nitrogen functional groups attached to an aromatic ring is 1. The van der Waals surface area contributed by atoms with Crippen LogP contribution in [0, 0.1) is 0 Å². The van der Waals surface area contributed by atoms with Crippen LogP contribution in [0.5, 0.6) is 0 Å². The molecule has 2 rings (SSSR count). The van der Waals surface area contributed by atoms with Crippen molar-refractivity contribution in [3.8, 4) is 0 Å². The molecule has 1 saturated heterocycles. The summed E-state index contributed by atoms with van der Waals surface area (Å²) in [6.45, 7) is 5.61. The van der Waals surface area contributed by atoms with Crippen LogP contribution in [0.2, 0.25) is 0 Å². The number of nitrogens with two attached hydrogens (primary N) is 1. The van der Waals surface area contributed by atoms with Gasteiger partial charge in [-0.2, -0.15) is 0 Å². The van der Waals surface area contributed by atoms with Crippen LogP contribution in [-0.4, -0.2) is 33.9 Å². The number of anilines is 1. The fourth-order valence-electron chi connectivity index (χ4n) is 2.10. The number of aromatic nitrogens is 2. The number of likely N-dealkylation sites (tertiary alicyclic amines) is 1. The first kappa shape index (κ1) is 12.8. The molecule has 2 N–H and O–H groups in total. The Morgan fingerprint density at radius 3 is 2.61 bits per heavy atom. The Bertz CT molecular complexity index is 439. The zero-order valence-electron chi connectivity index (χ0n) is 11.0. The highest BCUT2D eigenvalue weighted by molar-refractivity contribution is 5.97. The molecule has 1 aliphatic heterocycles. The second kappa shape index (κ2) is 5.33. The number of carbonyl (C=O) groups excluding carboxylic acids is 1. The molecule has 0 saturated carbocycles. The van der Waals surface area contributed by atoms with E-state index in [1.165, 1.54) is 6.42 Å². The lowest BCUT2D eigenvalue weighted by Gasteiger charge is -2.26. The molecular weight excluding hydrogens is 228 g/mol. The van der Waals surface area contributed by atoms with Crippen molar-refractivity contribution in [2.45, 2.75) is 39.0 Å². The molecule has 0 bridgehead atoms. The molecule has 5 heteroatoms. The van der Waals surface area contributed by atoms with Gasteiger partial charge in [0, 0.05) is 19.0 Å². The molecule has 18 heavy (non-hydrogen) atoms. The number of nitrogens with zero attached hydrogens (tertiary/aromatic N) is 3. The predicted octanol–water partition coefficient (Wildman–Crippen LogP) is 1.81. The minimum Gasteiger partial charge on any atom is -0.396 e. The molecule has 1 fully saturated rings. The van der Waals surface area contributed by atoms with Crippen molar-refractivity contribution in [1.29, 1.82) is 0 Å². The minimum absolute atomic E-state index is 0.0588. The van der Waals surface area contributed by atoms with Crippen LogP contribution < -0.4 is 5.73 Å². The lowest BCUT2D eigenvalue weighted by Crippen LogP contribution is -2.36. The highest BCUT2D eigenvalue weighted by atomic mass is 16.2. The first-order valence-electron chi connectivity index (χ1n) is 6.51. The molecule has 1 aliphatic rings. The Kier molecular flexibility index (Phi) is 3.79. The van der Waals surface area contributed by atoms with E-state index in [9.17, 15) is 4.79 Å². The van der Waals surface area contributed by atoms with E-state index in [0.29, 0.717) is 17.2 Å². The van der Waals surface area contributed by atoms with Crippen molar-refractivity contribution in [2.75, 3.05) is 18.8 Å². The fourth-order valence-corrected chi connectivity index (χ4v) is 2.10. The molecule has 1 amide bonds. The lowest BCUT2D eigenvalue weighted by atomic mass is 10.1. The monoisotopic (exact) mass is 248 g/mol. The third-order valence-electron chi connectivity index (χ3n) is 3.20. The summed E-state index contributed by atoms with van der Waals surface area (Å²) in [7, 11) is 0. The van der Waals surface area contributed by atoms with Gasteiger partial charge in [0.15, 0.2) is 5.69 Å². The van der Waals surface area contributed by atoms with Gasteiger partial charge in [-0.25, -0.2) is 9.97 Å². The van der Waals surface area contributed by atoms with Crippen molar-refractivity contribution < 1.29 is 4.79 Å². The van der Waals surface area contributed by atoms with E-state index < -0.39 is 0 Å². The van der Waals surface area contributed by atoms with E-state index in [0.717, 1.165) is 25.9 Å². The fraction of sp³-hybridized carbons (Fsp3) is 0.615. The minimum atomic E-state index is -0.0588. The first-order chi connectivity index (χ1) is 8.59. The highest BCUT2D eigenvalue weighted by Crippen LogP contribution is 2.17. The summed E-state index contributed by atoms with van der Waals surface area (Å²) in [6, 6.07) is 0. The summed E-state index contributed by atoms with van der Waals surface area (Å²) in [5, 5.41) is 0. The Hall–Kier alpha value is -1.65. The van der Waals surface area contributed by atoms with Gasteiger partial charge in [0.05, 0.1) is 11.9 Å². The van der Waals surface area contributed by atoms with Crippen molar-refractivity contribution in [2.24, 2.45) is 0 Å². The molecular formula is C13H20N4O. The smallest absolute Gasteiger partial charge is 0.274 e. The Morgan fingerprint density at radius 1 is 1.33 bits per heavy atom. The van der Waals surface area contributed by atoms with E-state index in [4.69, 9.17) is 5.73 Å². The lowest BCUT2D eigenvalue weighted by molar-refractivity contribution is 0.0719. The van der Waals surface area contributed by atoms with Gasteiger partial charge in [-0.15, -0.1) is 0 Å². The summed E-state index contributed by atoms with van der Waals surface area (Å²) in [5.41, 5.74) is 6.55. The second-order valence-corrected chi connectivity index (χ2v) is 5.04. The Morgan fingerprint density at radius 2 is 2.00 bits per heavy atom. The van der Waals surface area contributed by atoms with Gasteiger partial charge >= 0.3 is 0 Å². The van der Waals surface area contributed by atoms with Gasteiger partial charge < -0.3 is 10.6 Å². The van der Waals surface area contributed by atoms with Crippen molar-refractivity contribution >= 4 is 11.6 Å². The maximum Gasteiger partial charge on any atom is 0.274 e. The summed E-state index contributed by atoms with van der Waals surface area (Å²) in [4.78, 5) is 22.7. The second-order valence-electron chi connectivity index (χ2n) is 5.04. The number of hydrogen-bond donors (Lipinski definition) is 1. The SMILES string of the molecule is CC(C)c1ncc(N)c(C(=O)N2CCCCC2)n1. The van der Waals surface area contributed by atoms with Crippen LogP contribution in [0.1, 0.15) is 55.3 Å². The third-order valence-corrected chi connectivity index (χ3v) is 3.20. The molecule has 0 aliphatic carbocycles. The molecule has 5 nitrogen and oxygen atoms in total. The van der Waals surface area contributed by atoms with Crippen LogP contribution in [-0.2, 0) is 0 Å². The van der Waals surface area contributed by atoms with Crippen LogP contribution >= 0.6 is 0 Å². The standard InChI is InChI=1S/C13H20N4O/c1-9(2)12-15-8-10(14)11(16-12)13(18)17-6-4-3-5-7-17/h8-9H,3-7,14H2,1-2H3. The number of carbonyl (C=O) groups is 1. The molecule has 0 atom stereocenters. The summed E-state index contributed by atoms with van der Waals surface area (Å²) < 4.78 is 0. The Balaban J connectivity index is 2.25. The van der Waals surface area contributed by atoms with Crippen LogP contribution in [0.4, 0.5) is 5.69 Å². The van der Waals surface area contributed by atoms with Crippen molar-refractivity contribution in [3.05, 3.63) is 17.7 Å². The number of piperidine rings is 1. The highest BCUT2D eigenvalue weighted by Gasteiger charge is 2.22. The zero-order valence-corrected chi connectivity index (χ0v) is 11.0. The average Bonchev–Trinajstić information content (AvgIpc) is 2.39. The van der Waals surface area contributed by atoms with Gasteiger partial charge in [0.25, 0.3) is 5.91 Å². The van der Waals surface area contributed by atoms with E-state index in [1.54, 1.807) is 6.20 Å². The number of amides is 1. The van der Waals surface area contributed by atoms with E-state index >= 15 is 0 Å². The average molecular weight is 248 g/mol. The normalized spacial score (nSPS) is 16.1. The summed E-state index contributed by atoms with van der Waals surface area (Å²) >= 11 is 0. The molecule has 1 aromatic heterocycles. The topological polar surface area (TPSA) is 72.1 Å². The number of rotatable bonds is 2. The molecule has 2 heterocycles.